The second kappa shape index (κ2) is 7.78. The van der Waals surface area contributed by atoms with Crippen LogP contribution < -0.4 is 4.90 Å². The Morgan fingerprint density at radius 2 is 2.08 bits per heavy atom. The Balaban J connectivity index is 1.52. The van der Waals surface area contributed by atoms with E-state index in [9.17, 15) is 14.4 Å². The van der Waals surface area contributed by atoms with Gasteiger partial charge in [-0.25, -0.2) is 4.98 Å². The maximum atomic E-state index is 12.1. The van der Waals surface area contributed by atoms with Crippen molar-refractivity contribution in [2.24, 2.45) is 0 Å². The van der Waals surface area contributed by atoms with Crippen LogP contribution in [-0.2, 0) is 20.7 Å². The van der Waals surface area contributed by atoms with Gasteiger partial charge in [0.05, 0.1) is 12.1 Å². The zero-order valence-electron chi connectivity index (χ0n) is 14.8. The van der Waals surface area contributed by atoms with E-state index in [4.69, 9.17) is 4.74 Å². The Labute approximate surface area is 155 Å². The highest BCUT2D eigenvalue weighted by molar-refractivity contribution is 7.14. The summed E-state index contributed by atoms with van der Waals surface area (Å²) in [6.07, 6.45) is 1.35. The van der Waals surface area contributed by atoms with E-state index < -0.39 is 5.97 Å². The molecule has 1 amide bonds. The molecule has 136 valence electrons. The molecule has 7 heteroatoms. The molecular formula is C19H20N2O4S. The van der Waals surface area contributed by atoms with Gasteiger partial charge >= 0.3 is 5.97 Å². The van der Waals surface area contributed by atoms with Crippen molar-refractivity contribution in [3.8, 4) is 0 Å². The van der Waals surface area contributed by atoms with Crippen LogP contribution in [-0.4, -0.2) is 35.8 Å². The highest BCUT2D eigenvalue weighted by atomic mass is 32.1. The van der Waals surface area contributed by atoms with Crippen LogP contribution in [0.4, 0.5) is 5.13 Å². The minimum absolute atomic E-state index is 0.0151. The molecule has 1 aliphatic rings. The molecule has 0 radical (unpaired) electrons. The first-order chi connectivity index (χ1) is 12.4. The number of rotatable bonds is 6. The molecule has 3 rings (SSSR count). The number of ether oxygens (including phenoxy) is 1. The van der Waals surface area contributed by atoms with Gasteiger partial charge in [-0.15, -0.1) is 11.3 Å². The Hall–Kier alpha value is -2.54. The molecule has 6 nitrogen and oxygen atoms in total. The van der Waals surface area contributed by atoms with E-state index in [0.29, 0.717) is 29.4 Å². The highest BCUT2D eigenvalue weighted by Crippen LogP contribution is 2.25. The van der Waals surface area contributed by atoms with E-state index in [1.54, 1.807) is 22.4 Å². The number of hydrogen-bond acceptors (Lipinski definition) is 6. The number of thiazole rings is 1. The number of anilines is 1. The number of amides is 1. The van der Waals surface area contributed by atoms with Crippen molar-refractivity contribution in [3.63, 3.8) is 0 Å². The average Bonchev–Trinajstić information content (AvgIpc) is 3.23. The van der Waals surface area contributed by atoms with Crippen LogP contribution in [0.25, 0.3) is 0 Å². The summed E-state index contributed by atoms with van der Waals surface area (Å²) in [7, 11) is 0. The molecule has 1 aromatic carbocycles. The summed E-state index contributed by atoms with van der Waals surface area (Å²) < 4.78 is 5.08. The first kappa shape index (κ1) is 18.3. The van der Waals surface area contributed by atoms with Crippen molar-refractivity contribution in [2.45, 2.75) is 33.1 Å². The highest BCUT2D eigenvalue weighted by Gasteiger charge is 2.24. The van der Waals surface area contributed by atoms with Crippen LogP contribution in [0.5, 0.6) is 0 Å². The third-order valence-corrected chi connectivity index (χ3v) is 5.27. The molecule has 0 unspecified atom stereocenters. The second-order valence-electron chi connectivity index (χ2n) is 6.33. The average molecular weight is 372 g/mol. The zero-order valence-corrected chi connectivity index (χ0v) is 15.6. The summed E-state index contributed by atoms with van der Waals surface area (Å²) in [5.74, 6) is -0.678. The van der Waals surface area contributed by atoms with Crippen molar-refractivity contribution in [1.29, 1.82) is 0 Å². The first-order valence-corrected chi connectivity index (χ1v) is 9.33. The molecule has 0 saturated carbocycles. The summed E-state index contributed by atoms with van der Waals surface area (Å²) in [5, 5.41) is 2.36. The van der Waals surface area contributed by atoms with Gasteiger partial charge in [0, 0.05) is 23.9 Å². The smallest absolute Gasteiger partial charge is 0.312 e. The molecule has 0 atom stereocenters. The first-order valence-electron chi connectivity index (χ1n) is 8.45. The summed E-state index contributed by atoms with van der Waals surface area (Å²) in [5.41, 5.74) is 3.21. The molecule has 1 fully saturated rings. The lowest BCUT2D eigenvalue weighted by Gasteiger charge is -2.10. The van der Waals surface area contributed by atoms with Crippen molar-refractivity contribution in [1.82, 2.24) is 4.98 Å². The van der Waals surface area contributed by atoms with Crippen LogP contribution in [0.15, 0.2) is 23.6 Å². The number of ketones is 1. The number of hydrogen-bond donors (Lipinski definition) is 0. The van der Waals surface area contributed by atoms with Gasteiger partial charge in [0.2, 0.25) is 5.91 Å². The topological polar surface area (TPSA) is 76.6 Å². The number of carbonyl (C=O) groups is 3. The minimum Gasteiger partial charge on any atom is -0.457 e. The third-order valence-electron chi connectivity index (χ3n) is 4.36. The maximum Gasteiger partial charge on any atom is 0.312 e. The molecule has 0 bridgehead atoms. The van der Waals surface area contributed by atoms with Gasteiger partial charge in [0.15, 0.2) is 17.5 Å². The molecule has 1 aromatic heterocycles. The number of aryl methyl sites for hydroxylation is 2. The molecule has 1 aliphatic heterocycles. The van der Waals surface area contributed by atoms with Crippen LogP contribution in [0.1, 0.15) is 40.0 Å². The standard InChI is InChI=1S/C19H20N2O4S/c1-12-5-6-14(8-13(12)2)16(22)10-25-18(24)9-15-11-26-19(20-15)21-7-3-4-17(21)23/h5-6,8,11H,3-4,7,9-10H2,1-2H3. The van der Waals surface area contributed by atoms with E-state index in [1.165, 1.54) is 11.3 Å². The Kier molecular flexibility index (Phi) is 5.46. The van der Waals surface area contributed by atoms with Gasteiger partial charge in [-0.3, -0.25) is 19.3 Å². The molecule has 2 aromatic rings. The molecule has 0 N–H and O–H groups in total. The fourth-order valence-corrected chi connectivity index (χ4v) is 3.56. The summed E-state index contributed by atoms with van der Waals surface area (Å²) in [6.45, 7) is 4.29. The minimum atomic E-state index is -0.508. The van der Waals surface area contributed by atoms with Gasteiger partial charge < -0.3 is 4.74 Å². The van der Waals surface area contributed by atoms with E-state index in [2.05, 4.69) is 4.98 Å². The summed E-state index contributed by atoms with van der Waals surface area (Å²) >= 11 is 1.34. The maximum absolute atomic E-state index is 12.1. The lowest BCUT2D eigenvalue weighted by Crippen LogP contribution is -2.23. The van der Waals surface area contributed by atoms with Gasteiger partial charge in [-0.05, 0) is 37.5 Å². The zero-order chi connectivity index (χ0) is 18.7. The van der Waals surface area contributed by atoms with Gasteiger partial charge in [-0.1, -0.05) is 12.1 Å². The lowest BCUT2D eigenvalue weighted by molar-refractivity contribution is -0.141. The predicted molar refractivity (Wildman–Crippen MR) is 98.6 cm³/mol. The molecule has 0 spiro atoms. The van der Waals surface area contributed by atoms with E-state index in [-0.39, 0.29) is 24.7 Å². The quantitative estimate of drug-likeness (QED) is 0.576. The number of Topliss-reactive ketones (excluding diaryl/α,β-unsaturated/α-hetero) is 1. The van der Waals surface area contributed by atoms with E-state index >= 15 is 0 Å². The van der Waals surface area contributed by atoms with Crippen LogP contribution >= 0.6 is 11.3 Å². The third kappa shape index (κ3) is 4.16. The Bertz CT molecular complexity index is 859. The Morgan fingerprint density at radius 1 is 1.27 bits per heavy atom. The van der Waals surface area contributed by atoms with Crippen molar-refractivity contribution < 1.29 is 19.1 Å². The van der Waals surface area contributed by atoms with Crippen molar-refractivity contribution in [2.75, 3.05) is 18.1 Å². The monoisotopic (exact) mass is 372 g/mol. The van der Waals surface area contributed by atoms with E-state index in [0.717, 1.165) is 17.5 Å². The van der Waals surface area contributed by atoms with Crippen molar-refractivity contribution >= 4 is 34.1 Å². The molecule has 26 heavy (non-hydrogen) atoms. The largest absolute Gasteiger partial charge is 0.457 e. The van der Waals surface area contributed by atoms with Gasteiger partial charge in [0.25, 0.3) is 0 Å². The fraction of sp³-hybridized carbons (Fsp3) is 0.368. The molecular weight excluding hydrogens is 352 g/mol. The summed E-state index contributed by atoms with van der Waals surface area (Å²) in [4.78, 5) is 41.8. The predicted octanol–water partition coefficient (Wildman–Crippen LogP) is 2.86. The van der Waals surface area contributed by atoms with Crippen LogP contribution in [0, 0.1) is 13.8 Å². The number of esters is 1. The van der Waals surface area contributed by atoms with E-state index in [1.807, 2.05) is 19.9 Å². The number of benzene rings is 1. The number of carbonyl (C=O) groups excluding carboxylic acids is 3. The number of aromatic nitrogens is 1. The normalized spacial score (nSPS) is 13.9. The van der Waals surface area contributed by atoms with Gasteiger partial charge in [-0.2, -0.15) is 0 Å². The lowest BCUT2D eigenvalue weighted by atomic mass is 10.0. The molecule has 1 saturated heterocycles. The molecule has 0 aliphatic carbocycles. The summed E-state index contributed by atoms with van der Waals surface area (Å²) in [6, 6.07) is 5.41. The van der Waals surface area contributed by atoms with Crippen LogP contribution in [0.3, 0.4) is 0 Å². The van der Waals surface area contributed by atoms with Crippen LogP contribution in [0.2, 0.25) is 0 Å². The SMILES string of the molecule is Cc1ccc(C(=O)COC(=O)Cc2csc(N3CCCC3=O)n2)cc1C. The number of nitrogens with zero attached hydrogens (tertiary/aromatic N) is 2. The Morgan fingerprint density at radius 3 is 2.77 bits per heavy atom. The van der Waals surface area contributed by atoms with Gasteiger partial charge in [0.1, 0.15) is 0 Å². The van der Waals surface area contributed by atoms with Crippen molar-refractivity contribution in [3.05, 3.63) is 46.0 Å². The second-order valence-corrected chi connectivity index (χ2v) is 7.17. The molecule has 2 heterocycles. The fourth-order valence-electron chi connectivity index (χ4n) is 2.69.